The van der Waals surface area contributed by atoms with Crippen molar-refractivity contribution < 1.29 is 14.0 Å². The van der Waals surface area contributed by atoms with Crippen molar-refractivity contribution >= 4 is 29.0 Å². The molecule has 0 spiro atoms. The lowest BCUT2D eigenvalue weighted by atomic mass is 10.0. The van der Waals surface area contributed by atoms with Crippen LogP contribution in [-0.4, -0.2) is 26.9 Å². The summed E-state index contributed by atoms with van der Waals surface area (Å²) in [5.41, 5.74) is 1.40. The first-order chi connectivity index (χ1) is 14.2. The average molecular weight is 427 g/mol. The first-order valence-electron chi connectivity index (χ1n) is 9.77. The number of hydrogen-bond donors (Lipinski definition) is 1. The number of aryl methyl sites for hydroxylation is 2. The van der Waals surface area contributed by atoms with Gasteiger partial charge in [0.1, 0.15) is 11.5 Å². The van der Waals surface area contributed by atoms with E-state index in [1.165, 1.54) is 4.90 Å². The number of benzene rings is 1. The van der Waals surface area contributed by atoms with Crippen molar-refractivity contribution in [2.75, 3.05) is 4.90 Å². The van der Waals surface area contributed by atoms with Gasteiger partial charge in [-0.3, -0.25) is 14.5 Å². The molecule has 1 unspecified atom stereocenters. The number of furan rings is 1. The standard InChI is InChI=1S/C22H26N4O3S/c1-6-15-8-10-16(11-9-15)26(21(28)17-13-30-25-24-17)19(18-12-7-14(2)29-18)20(27)23-22(3,4)5/h7-13,19H,6H2,1-5H3,(H,23,27). The number of rotatable bonds is 6. The van der Waals surface area contributed by atoms with Gasteiger partial charge in [-0.15, -0.1) is 5.10 Å². The van der Waals surface area contributed by atoms with E-state index in [1.54, 1.807) is 24.4 Å². The molecule has 0 aliphatic carbocycles. The number of nitrogens with one attached hydrogen (secondary N) is 1. The zero-order valence-electron chi connectivity index (χ0n) is 17.8. The van der Waals surface area contributed by atoms with Gasteiger partial charge in [-0.2, -0.15) is 0 Å². The molecule has 30 heavy (non-hydrogen) atoms. The Morgan fingerprint density at radius 2 is 1.87 bits per heavy atom. The fraction of sp³-hybridized carbons (Fsp3) is 0.364. The van der Waals surface area contributed by atoms with Crippen molar-refractivity contribution in [3.8, 4) is 0 Å². The summed E-state index contributed by atoms with van der Waals surface area (Å²) in [5, 5.41) is 8.47. The molecule has 0 saturated heterocycles. The van der Waals surface area contributed by atoms with Crippen LogP contribution in [0.25, 0.3) is 0 Å². The van der Waals surface area contributed by atoms with E-state index in [-0.39, 0.29) is 11.6 Å². The molecule has 0 aliphatic rings. The van der Waals surface area contributed by atoms with Gasteiger partial charge < -0.3 is 9.73 Å². The summed E-state index contributed by atoms with van der Waals surface area (Å²) in [6.45, 7) is 9.53. The Morgan fingerprint density at radius 1 is 1.17 bits per heavy atom. The molecule has 0 bridgehead atoms. The summed E-state index contributed by atoms with van der Waals surface area (Å²) in [6.07, 6.45) is 0.871. The summed E-state index contributed by atoms with van der Waals surface area (Å²) >= 11 is 1.08. The first-order valence-corrected chi connectivity index (χ1v) is 10.6. The molecular formula is C22H26N4O3S. The van der Waals surface area contributed by atoms with E-state index >= 15 is 0 Å². The third-order valence-corrected chi connectivity index (χ3v) is 4.96. The highest BCUT2D eigenvalue weighted by Crippen LogP contribution is 2.31. The monoisotopic (exact) mass is 426 g/mol. The van der Waals surface area contributed by atoms with Crippen LogP contribution in [0.1, 0.15) is 61.3 Å². The minimum atomic E-state index is -1.00. The van der Waals surface area contributed by atoms with Gasteiger partial charge in [0.25, 0.3) is 11.8 Å². The van der Waals surface area contributed by atoms with Crippen LogP contribution in [0.3, 0.4) is 0 Å². The summed E-state index contributed by atoms with van der Waals surface area (Å²) in [4.78, 5) is 28.3. The smallest absolute Gasteiger partial charge is 0.280 e. The highest BCUT2D eigenvalue weighted by atomic mass is 32.1. The SMILES string of the molecule is CCc1ccc(N(C(=O)c2csnn2)C(C(=O)NC(C)(C)C)c2ccc(C)o2)cc1. The molecule has 158 valence electrons. The summed E-state index contributed by atoms with van der Waals surface area (Å²) < 4.78 is 9.62. The third kappa shape index (κ3) is 4.94. The zero-order valence-corrected chi connectivity index (χ0v) is 18.6. The molecule has 0 fully saturated rings. The number of hydrogen-bond acceptors (Lipinski definition) is 6. The van der Waals surface area contributed by atoms with Crippen LogP contribution < -0.4 is 10.2 Å². The van der Waals surface area contributed by atoms with Gasteiger partial charge in [-0.25, -0.2) is 0 Å². The molecule has 1 atom stereocenters. The fourth-order valence-electron chi connectivity index (χ4n) is 3.07. The first kappa shape index (κ1) is 21.7. The Labute approximate surface area is 180 Å². The van der Waals surface area contributed by atoms with Gasteiger partial charge in [0.2, 0.25) is 0 Å². The second-order valence-electron chi connectivity index (χ2n) is 8.08. The Balaban J connectivity index is 2.14. The highest BCUT2D eigenvalue weighted by Gasteiger charge is 2.37. The largest absolute Gasteiger partial charge is 0.464 e. The number of carbonyl (C=O) groups is 2. The fourth-order valence-corrected chi connectivity index (χ4v) is 3.50. The van der Waals surface area contributed by atoms with Crippen LogP contribution in [0.5, 0.6) is 0 Å². The van der Waals surface area contributed by atoms with Crippen LogP contribution in [0.15, 0.2) is 46.2 Å². The topological polar surface area (TPSA) is 88.3 Å². The van der Waals surface area contributed by atoms with Crippen LogP contribution in [0, 0.1) is 6.92 Å². The number of aromatic nitrogens is 2. The second-order valence-corrected chi connectivity index (χ2v) is 8.69. The lowest BCUT2D eigenvalue weighted by Gasteiger charge is -2.32. The van der Waals surface area contributed by atoms with Crippen molar-refractivity contribution in [1.82, 2.24) is 14.9 Å². The molecular weight excluding hydrogens is 400 g/mol. The molecule has 8 heteroatoms. The minimum absolute atomic E-state index is 0.177. The minimum Gasteiger partial charge on any atom is -0.464 e. The van der Waals surface area contributed by atoms with E-state index in [0.717, 1.165) is 23.5 Å². The zero-order chi connectivity index (χ0) is 21.9. The van der Waals surface area contributed by atoms with E-state index in [0.29, 0.717) is 17.2 Å². The molecule has 0 radical (unpaired) electrons. The molecule has 2 aromatic heterocycles. The Hall–Kier alpha value is -3.00. The summed E-state index contributed by atoms with van der Waals surface area (Å²) in [5.74, 6) is 0.275. The van der Waals surface area contributed by atoms with Gasteiger partial charge in [0.05, 0.1) is 0 Å². The number of amides is 2. The van der Waals surface area contributed by atoms with Gasteiger partial charge in [-0.1, -0.05) is 23.5 Å². The maximum Gasteiger partial charge on any atom is 0.280 e. The van der Waals surface area contributed by atoms with Crippen molar-refractivity contribution in [3.05, 3.63) is 64.6 Å². The second kappa shape index (κ2) is 8.79. The predicted molar refractivity (Wildman–Crippen MR) is 117 cm³/mol. The normalized spacial score (nSPS) is 12.4. The van der Waals surface area contributed by atoms with Crippen molar-refractivity contribution in [1.29, 1.82) is 0 Å². The molecule has 3 aromatic rings. The highest BCUT2D eigenvalue weighted by molar-refractivity contribution is 7.03. The average Bonchev–Trinajstić information content (AvgIpc) is 3.36. The van der Waals surface area contributed by atoms with Crippen LogP contribution in [-0.2, 0) is 11.2 Å². The Kier molecular flexibility index (Phi) is 6.36. The van der Waals surface area contributed by atoms with Crippen molar-refractivity contribution in [2.24, 2.45) is 0 Å². The number of carbonyl (C=O) groups excluding carboxylic acids is 2. The van der Waals surface area contributed by atoms with Crippen LogP contribution >= 0.6 is 11.5 Å². The van der Waals surface area contributed by atoms with Gasteiger partial charge in [0, 0.05) is 16.6 Å². The van der Waals surface area contributed by atoms with Gasteiger partial charge >= 0.3 is 0 Å². The third-order valence-electron chi connectivity index (χ3n) is 4.46. The lowest BCUT2D eigenvalue weighted by molar-refractivity contribution is -0.124. The van der Waals surface area contributed by atoms with E-state index in [9.17, 15) is 9.59 Å². The summed E-state index contributed by atoms with van der Waals surface area (Å²) in [7, 11) is 0. The van der Waals surface area contributed by atoms with Crippen LogP contribution in [0.2, 0.25) is 0 Å². The molecule has 1 aromatic carbocycles. The molecule has 7 nitrogen and oxygen atoms in total. The number of anilines is 1. The van der Waals surface area contributed by atoms with E-state index in [1.807, 2.05) is 45.0 Å². The molecule has 3 rings (SSSR count). The van der Waals surface area contributed by atoms with Crippen LogP contribution in [0.4, 0.5) is 5.69 Å². The Bertz CT molecular complexity index is 1000. The number of nitrogens with zero attached hydrogens (tertiary/aromatic N) is 3. The molecule has 0 saturated carbocycles. The molecule has 2 heterocycles. The molecule has 1 N–H and O–H groups in total. The van der Waals surface area contributed by atoms with E-state index < -0.39 is 17.5 Å². The summed E-state index contributed by atoms with van der Waals surface area (Å²) in [6, 6.07) is 10.1. The van der Waals surface area contributed by atoms with Crippen molar-refractivity contribution in [3.63, 3.8) is 0 Å². The van der Waals surface area contributed by atoms with Gasteiger partial charge in [0.15, 0.2) is 11.7 Å². The van der Waals surface area contributed by atoms with Crippen molar-refractivity contribution in [2.45, 2.75) is 52.6 Å². The van der Waals surface area contributed by atoms with E-state index in [2.05, 4.69) is 21.8 Å². The maximum atomic E-state index is 13.5. The lowest BCUT2D eigenvalue weighted by Crippen LogP contribution is -2.49. The maximum absolute atomic E-state index is 13.5. The van der Waals surface area contributed by atoms with E-state index in [4.69, 9.17) is 4.42 Å². The quantitative estimate of drug-likeness (QED) is 0.635. The Morgan fingerprint density at radius 3 is 2.37 bits per heavy atom. The predicted octanol–water partition coefficient (Wildman–Crippen LogP) is 4.30. The molecule has 2 amide bonds. The van der Waals surface area contributed by atoms with Gasteiger partial charge in [-0.05, 0) is 75.5 Å². The molecule has 0 aliphatic heterocycles.